The van der Waals surface area contributed by atoms with E-state index >= 15 is 0 Å². The van der Waals surface area contributed by atoms with Gasteiger partial charge in [-0.15, -0.1) is 0 Å². The summed E-state index contributed by atoms with van der Waals surface area (Å²) in [5.74, 6) is 0.705. The first-order valence-electron chi connectivity index (χ1n) is 10.7. The molecule has 2 aliphatic rings. The molecule has 0 bridgehead atoms. The van der Waals surface area contributed by atoms with Gasteiger partial charge in [0.25, 0.3) is 5.71 Å². The number of fused-ring (bicyclic) bond motifs is 1. The van der Waals surface area contributed by atoms with Crippen LogP contribution in [-0.4, -0.2) is 65.2 Å². The zero-order chi connectivity index (χ0) is 21.4. The lowest BCUT2D eigenvalue weighted by atomic mass is 9.96. The Morgan fingerprint density at radius 2 is 1.84 bits per heavy atom. The minimum Gasteiger partial charge on any atom is -0.368 e. The van der Waals surface area contributed by atoms with Crippen molar-refractivity contribution in [1.29, 1.82) is 0 Å². The highest BCUT2D eigenvalue weighted by molar-refractivity contribution is 5.88. The molecule has 2 aliphatic heterocycles. The van der Waals surface area contributed by atoms with E-state index in [1.807, 2.05) is 11.8 Å². The van der Waals surface area contributed by atoms with Gasteiger partial charge in [0.15, 0.2) is 0 Å². The molecule has 5 rings (SSSR count). The number of benzene rings is 1. The number of aromatic nitrogens is 3. The van der Waals surface area contributed by atoms with E-state index in [2.05, 4.69) is 24.9 Å². The summed E-state index contributed by atoms with van der Waals surface area (Å²) in [5.41, 5.74) is 2.23. The predicted octanol–water partition coefficient (Wildman–Crippen LogP) is 2.63. The minimum absolute atomic E-state index is 0.0590. The molecule has 8 nitrogen and oxygen atoms in total. The molecular formula is C22H25FN6O2. The first-order valence-corrected chi connectivity index (χ1v) is 10.7. The molecule has 2 aromatic heterocycles. The van der Waals surface area contributed by atoms with E-state index in [1.165, 1.54) is 18.5 Å². The van der Waals surface area contributed by atoms with Gasteiger partial charge < -0.3 is 19.2 Å². The maximum Gasteiger partial charge on any atom is 0.263 e. The predicted molar refractivity (Wildman–Crippen MR) is 114 cm³/mol. The second-order valence-electron chi connectivity index (χ2n) is 8.22. The fourth-order valence-corrected chi connectivity index (χ4v) is 4.61. The third-order valence-electron chi connectivity index (χ3n) is 6.28. The fourth-order valence-electron chi connectivity index (χ4n) is 4.61. The number of carbonyl (C=O) groups is 1. The number of nitrogens with zero attached hydrogens (tertiary/aromatic N) is 6. The van der Waals surface area contributed by atoms with Crippen LogP contribution in [0.3, 0.4) is 0 Å². The second kappa shape index (κ2) is 8.13. The third kappa shape index (κ3) is 3.80. The number of hydrogen-bond donors (Lipinski definition) is 0. The lowest BCUT2D eigenvalue weighted by Gasteiger charge is -2.40. The largest absolute Gasteiger partial charge is 0.368 e. The van der Waals surface area contributed by atoms with Gasteiger partial charge in [-0.1, -0.05) is 5.16 Å². The molecule has 4 heterocycles. The minimum atomic E-state index is -0.234. The molecule has 2 fully saturated rings. The first-order chi connectivity index (χ1) is 15.1. The maximum atomic E-state index is 13.3. The summed E-state index contributed by atoms with van der Waals surface area (Å²) in [6.45, 7) is 6.21. The van der Waals surface area contributed by atoms with Crippen LogP contribution in [0.1, 0.15) is 18.5 Å². The number of piperidine rings is 1. The van der Waals surface area contributed by atoms with Crippen molar-refractivity contribution >= 4 is 28.5 Å². The average Bonchev–Trinajstić information content (AvgIpc) is 3.20. The van der Waals surface area contributed by atoms with E-state index < -0.39 is 0 Å². The lowest BCUT2D eigenvalue weighted by Crippen LogP contribution is -2.52. The van der Waals surface area contributed by atoms with Crippen molar-refractivity contribution in [1.82, 2.24) is 20.0 Å². The van der Waals surface area contributed by atoms with E-state index in [4.69, 9.17) is 4.52 Å². The molecule has 162 valence electrons. The highest BCUT2D eigenvalue weighted by atomic mass is 19.1. The van der Waals surface area contributed by atoms with Crippen LogP contribution in [0.25, 0.3) is 11.1 Å². The summed E-state index contributed by atoms with van der Waals surface area (Å²) in [7, 11) is 0. The zero-order valence-electron chi connectivity index (χ0n) is 17.5. The molecule has 0 unspecified atom stereocenters. The maximum absolute atomic E-state index is 13.3. The highest BCUT2D eigenvalue weighted by Gasteiger charge is 2.32. The van der Waals surface area contributed by atoms with E-state index in [1.54, 1.807) is 12.1 Å². The standard InChI is InChI=1S/C22H25FN6O2/c1-15-19-20(24-14-25-21(19)31-26-15)29-8-2-3-16(13-29)22(30)28-11-9-27(10-12-28)18-6-4-17(23)5-7-18/h4-7,14,16H,2-3,8-13H2,1H3/t16-/m0/s1. The molecule has 9 heteroatoms. The van der Waals surface area contributed by atoms with Crippen molar-refractivity contribution in [2.24, 2.45) is 5.92 Å². The number of anilines is 2. The molecule has 1 amide bonds. The Hall–Kier alpha value is -3.23. The van der Waals surface area contributed by atoms with Crippen LogP contribution in [0.15, 0.2) is 35.1 Å². The van der Waals surface area contributed by atoms with E-state index in [0.717, 1.165) is 55.1 Å². The SMILES string of the molecule is Cc1noc2ncnc(N3CCC[C@H](C(=O)N4CCN(c5ccc(F)cc5)CC4)C3)c12. The summed E-state index contributed by atoms with van der Waals surface area (Å²) < 4.78 is 18.5. The Morgan fingerprint density at radius 1 is 1.06 bits per heavy atom. The molecule has 0 spiro atoms. The number of carbonyl (C=O) groups excluding carboxylic acids is 1. The third-order valence-corrected chi connectivity index (χ3v) is 6.28. The summed E-state index contributed by atoms with van der Waals surface area (Å²) in [6.07, 6.45) is 3.30. The zero-order valence-corrected chi connectivity index (χ0v) is 17.5. The van der Waals surface area contributed by atoms with Gasteiger partial charge in [-0.25, -0.2) is 9.37 Å². The van der Waals surface area contributed by atoms with Gasteiger partial charge in [-0.2, -0.15) is 4.98 Å². The molecular weight excluding hydrogens is 399 g/mol. The van der Waals surface area contributed by atoms with Gasteiger partial charge in [0.05, 0.1) is 11.6 Å². The van der Waals surface area contributed by atoms with E-state index in [9.17, 15) is 9.18 Å². The monoisotopic (exact) mass is 424 g/mol. The number of hydrogen-bond acceptors (Lipinski definition) is 7. The second-order valence-corrected chi connectivity index (χ2v) is 8.22. The molecule has 0 radical (unpaired) electrons. The molecule has 1 atom stereocenters. The molecule has 2 saturated heterocycles. The number of halogens is 1. The first kappa shape index (κ1) is 19.7. The van der Waals surface area contributed by atoms with Crippen molar-refractivity contribution in [2.45, 2.75) is 19.8 Å². The van der Waals surface area contributed by atoms with Crippen molar-refractivity contribution in [3.05, 3.63) is 42.1 Å². The summed E-state index contributed by atoms with van der Waals surface area (Å²) >= 11 is 0. The Bertz CT molecular complexity index is 1080. The van der Waals surface area contributed by atoms with Crippen LogP contribution in [0, 0.1) is 18.7 Å². The molecule has 3 aromatic rings. The number of aryl methyl sites for hydroxylation is 1. The number of amides is 1. The summed E-state index contributed by atoms with van der Waals surface area (Å²) in [5, 5.41) is 4.83. The van der Waals surface area contributed by atoms with Gasteiger partial charge >= 0.3 is 0 Å². The van der Waals surface area contributed by atoms with Crippen LogP contribution < -0.4 is 9.80 Å². The Balaban J connectivity index is 1.25. The van der Waals surface area contributed by atoms with E-state index in [-0.39, 0.29) is 17.6 Å². The fraction of sp³-hybridized carbons (Fsp3) is 0.455. The molecule has 0 N–H and O–H groups in total. The quantitative estimate of drug-likeness (QED) is 0.640. The van der Waals surface area contributed by atoms with Crippen molar-refractivity contribution in [2.75, 3.05) is 49.1 Å². The van der Waals surface area contributed by atoms with Crippen LogP contribution in [0.2, 0.25) is 0 Å². The summed E-state index contributed by atoms with van der Waals surface area (Å²) in [4.78, 5) is 28.2. The lowest BCUT2D eigenvalue weighted by molar-refractivity contribution is -0.136. The van der Waals surface area contributed by atoms with Gasteiger partial charge in [0, 0.05) is 45.0 Å². The van der Waals surface area contributed by atoms with Crippen molar-refractivity contribution in [3.63, 3.8) is 0 Å². The Morgan fingerprint density at radius 3 is 2.61 bits per heavy atom. The Labute approximate surface area is 179 Å². The Kier molecular flexibility index (Phi) is 5.17. The molecule has 1 aromatic carbocycles. The van der Waals surface area contributed by atoms with Gasteiger partial charge in [-0.3, -0.25) is 4.79 Å². The van der Waals surface area contributed by atoms with Crippen LogP contribution in [0.5, 0.6) is 0 Å². The van der Waals surface area contributed by atoms with Crippen LogP contribution >= 0.6 is 0 Å². The van der Waals surface area contributed by atoms with Gasteiger partial charge in [0.1, 0.15) is 23.3 Å². The average molecular weight is 424 g/mol. The van der Waals surface area contributed by atoms with Crippen molar-refractivity contribution < 1.29 is 13.7 Å². The number of piperazine rings is 1. The molecule has 0 saturated carbocycles. The molecule has 31 heavy (non-hydrogen) atoms. The normalized spacial score (nSPS) is 19.8. The topological polar surface area (TPSA) is 78.6 Å². The van der Waals surface area contributed by atoms with Crippen LogP contribution in [-0.2, 0) is 4.79 Å². The van der Waals surface area contributed by atoms with Crippen LogP contribution in [0.4, 0.5) is 15.9 Å². The number of rotatable bonds is 3. The molecule has 0 aliphatic carbocycles. The van der Waals surface area contributed by atoms with Crippen molar-refractivity contribution in [3.8, 4) is 0 Å². The van der Waals surface area contributed by atoms with Gasteiger partial charge in [0.2, 0.25) is 5.91 Å². The van der Waals surface area contributed by atoms with E-state index in [0.29, 0.717) is 25.3 Å². The smallest absolute Gasteiger partial charge is 0.263 e. The highest BCUT2D eigenvalue weighted by Crippen LogP contribution is 2.30. The van der Waals surface area contributed by atoms with Gasteiger partial charge in [-0.05, 0) is 44.0 Å². The summed E-state index contributed by atoms with van der Waals surface area (Å²) in [6, 6.07) is 6.54.